The van der Waals surface area contributed by atoms with Crippen molar-refractivity contribution in [3.63, 3.8) is 0 Å². The molecule has 3 aromatic rings. The molecule has 73 heavy (non-hydrogen) atoms. The Morgan fingerprint density at radius 3 is 2.04 bits per heavy atom. The van der Waals surface area contributed by atoms with Crippen molar-refractivity contribution in [2.24, 2.45) is 16.7 Å². The van der Waals surface area contributed by atoms with Crippen LogP contribution >= 0.6 is 0 Å². The normalized spacial score (nSPS) is 28.8. The second kappa shape index (κ2) is 22.4. The number of fused-ring (bicyclic) bond motifs is 5. The Labute approximate surface area is 423 Å². The number of ketones is 1. The first-order chi connectivity index (χ1) is 34.7. The number of amides is 1. The summed E-state index contributed by atoms with van der Waals surface area (Å²) in [6.07, 6.45) is -10.8. The molecule has 392 valence electrons. The topological polar surface area (TPSA) is 262 Å². The second-order valence-electron chi connectivity index (χ2n) is 19.6. The highest BCUT2D eigenvalue weighted by Crippen LogP contribution is 2.64. The first-order valence-electron chi connectivity index (χ1n) is 24.2. The molecular weight excluding hydrogens is 949 g/mol. The van der Waals surface area contributed by atoms with E-state index in [1.54, 1.807) is 98.0 Å². The second-order valence-corrected chi connectivity index (χ2v) is 19.6. The van der Waals surface area contributed by atoms with Crippen LogP contribution in [0.1, 0.15) is 86.7 Å². The van der Waals surface area contributed by atoms with Gasteiger partial charge in [0, 0.05) is 37.7 Å². The number of esters is 5. The van der Waals surface area contributed by atoms with E-state index in [2.05, 4.69) is 12.4 Å². The largest absolute Gasteiger partial charge is 0.477 e. The van der Waals surface area contributed by atoms with Gasteiger partial charge in [0.1, 0.15) is 36.6 Å². The average Bonchev–Trinajstić information content (AvgIpc) is 3.36. The SMILES string of the molecule is [CH2-][NH2+]CCOCCOCC(=O)O[C@@H](C(=O)O[C@H]1C[C@@]2(O)[C@@H](OC(=O)c3ccccc3)[C@@H]3[C@]4(OC(C)=O)CO[C@@H]4C[C@H](O)[C@@]3(C)C(=O)[C@H](OC(C)=O)C(=C1C)C2(C)C)[C@@H](NC(=O)c1ccccc1)c1ccccc1. The fourth-order valence-electron chi connectivity index (χ4n) is 11.0. The van der Waals surface area contributed by atoms with E-state index >= 15 is 9.59 Å². The molecule has 2 saturated carbocycles. The van der Waals surface area contributed by atoms with Gasteiger partial charge in [0.2, 0.25) is 6.10 Å². The molecule has 3 fully saturated rings. The number of nitrogens with two attached hydrogens (primary N) is 1. The molecule has 11 atom stereocenters. The summed E-state index contributed by atoms with van der Waals surface area (Å²) in [7, 11) is 3.65. The van der Waals surface area contributed by atoms with Crippen LogP contribution in [0.15, 0.2) is 102 Å². The number of nitrogens with one attached hydrogen (secondary N) is 1. The van der Waals surface area contributed by atoms with Gasteiger partial charge >= 0.3 is 29.8 Å². The van der Waals surface area contributed by atoms with Crippen LogP contribution in [0.25, 0.3) is 0 Å². The predicted molar refractivity (Wildman–Crippen MR) is 255 cm³/mol. The van der Waals surface area contributed by atoms with Crippen molar-refractivity contribution in [1.82, 2.24) is 5.32 Å². The van der Waals surface area contributed by atoms with E-state index in [1.807, 2.05) is 0 Å². The molecule has 7 rings (SSSR count). The van der Waals surface area contributed by atoms with Gasteiger partial charge < -0.3 is 58.7 Å². The number of aliphatic hydroxyl groups excluding tert-OH is 1. The highest BCUT2D eigenvalue weighted by Gasteiger charge is 2.78. The molecule has 5 N–H and O–H groups in total. The summed E-state index contributed by atoms with van der Waals surface area (Å²) in [6.45, 7) is 8.31. The molecule has 4 aliphatic rings. The smallest absolute Gasteiger partial charge is 0.350 e. The molecule has 1 saturated heterocycles. The van der Waals surface area contributed by atoms with Crippen molar-refractivity contribution in [3.05, 3.63) is 126 Å². The Hall–Kier alpha value is -6.35. The van der Waals surface area contributed by atoms with Crippen LogP contribution in [0.2, 0.25) is 0 Å². The Balaban J connectivity index is 1.37. The lowest BCUT2D eigenvalue weighted by Crippen LogP contribution is -2.82. The van der Waals surface area contributed by atoms with E-state index in [1.165, 1.54) is 26.0 Å². The number of aliphatic hydroxyl groups is 2. The van der Waals surface area contributed by atoms with E-state index in [0.717, 1.165) is 13.8 Å². The lowest BCUT2D eigenvalue weighted by Gasteiger charge is -2.67. The van der Waals surface area contributed by atoms with Crippen molar-refractivity contribution < 1.29 is 87.0 Å². The number of Topliss-reactive ketones (excluding diaryl/α,β-unsaturated/α-hetero) is 1. The number of carbonyl (C=O) groups is 7. The average molecular weight is 1010 g/mol. The van der Waals surface area contributed by atoms with Crippen LogP contribution in [0.5, 0.6) is 0 Å². The standard InChI is InChI=1S/C54H64N2O17/c1-31-37(70-50(64)44(71-40(60)29-67-26-25-66-24-23-55-7)42(34-17-11-8-12-18-34)56-48(62)35-19-13-9-14-20-35)28-54(65)47(72-49(63)36-21-15-10-16-22-36)45-52(6,38(59)27-39-53(45,30-68-39)73-33(3)58)46(61)43(69-32(2)57)41(31)51(54,4)5/h8-22,37-39,42-45,47,59,65H,7,23-30,55H2,1-6H3,(H,56,62)/t37-,38-,39+,42-,43+,44+,45-,47-,52+,53-,54+/m0/s1. The van der Waals surface area contributed by atoms with Gasteiger partial charge in [-0.3, -0.25) is 19.2 Å². The van der Waals surface area contributed by atoms with Crippen molar-refractivity contribution >= 4 is 41.5 Å². The molecule has 3 aliphatic carbocycles. The summed E-state index contributed by atoms with van der Waals surface area (Å²) in [4.78, 5) is 99.5. The zero-order chi connectivity index (χ0) is 52.9. The van der Waals surface area contributed by atoms with Gasteiger partial charge in [-0.1, -0.05) is 80.6 Å². The van der Waals surface area contributed by atoms with Gasteiger partial charge in [0.15, 0.2) is 17.5 Å². The number of benzene rings is 3. The monoisotopic (exact) mass is 1010 g/mol. The van der Waals surface area contributed by atoms with Crippen LogP contribution < -0.4 is 10.6 Å². The fourth-order valence-corrected chi connectivity index (χ4v) is 11.0. The molecule has 1 heterocycles. The van der Waals surface area contributed by atoms with Crippen LogP contribution in [0.4, 0.5) is 0 Å². The van der Waals surface area contributed by atoms with E-state index in [0.29, 0.717) is 18.7 Å². The highest BCUT2D eigenvalue weighted by atomic mass is 16.6. The Bertz CT molecular complexity index is 2560. The van der Waals surface area contributed by atoms with Gasteiger partial charge in [0.05, 0.1) is 56.0 Å². The number of quaternary nitrogens is 1. The molecular formula is C54H64N2O17. The van der Waals surface area contributed by atoms with Gasteiger partial charge in [-0.25, -0.2) is 14.4 Å². The number of ether oxygens (including phenoxy) is 8. The molecule has 0 aromatic heterocycles. The van der Waals surface area contributed by atoms with Crippen LogP contribution in [-0.2, 0) is 61.9 Å². The summed E-state index contributed by atoms with van der Waals surface area (Å²) < 4.78 is 47.7. The third-order valence-electron chi connectivity index (χ3n) is 14.8. The first kappa shape index (κ1) is 54.4. The number of hydrogen-bond acceptors (Lipinski definition) is 17. The van der Waals surface area contributed by atoms with Crippen molar-refractivity contribution in [3.8, 4) is 0 Å². The maximum Gasteiger partial charge on any atom is 0.350 e. The molecule has 0 spiro atoms. The van der Waals surface area contributed by atoms with Gasteiger partial charge in [-0.15, -0.1) is 0 Å². The Morgan fingerprint density at radius 1 is 0.836 bits per heavy atom. The minimum atomic E-state index is -2.47. The predicted octanol–water partition coefficient (Wildman–Crippen LogP) is 2.67. The fraction of sp³-hybridized carbons (Fsp3) is 0.481. The van der Waals surface area contributed by atoms with Crippen molar-refractivity contribution in [1.29, 1.82) is 0 Å². The maximum atomic E-state index is 15.7. The summed E-state index contributed by atoms with van der Waals surface area (Å²) >= 11 is 0. The Morgan fingerprint density at radius 2 is 1.45 bits per heavy atom. The van der Waals surface area contributed by atoms with E-state index in [-0.39, 0.29) is 48.5 Å². The summed E-state index contributed by atoms with van der Waals surface area (Å²) in [5.74, 6) is -8.10. The van der Waals surface area contributed by atoms with Crippen LogP contribution in [0.3, 0.4) is 0 Å². The zero-order valence-electron chi connectivity index (χ0n) is 41.7. The third kappa shape index (κ3) is 10.7. The highest BCUT2D eigenvalue weighted by molar-refractivity contribution is 5.96. The molecule has 2 bridgehead atoms. The van der Waals surface area contributed by atoms with E-state index < -0.39 is 125 Å². The molecule has 1 aliphatic heterocycles. The number of carbonyl (C=O) groups excluding carboxylic acids is 7. The summed E-state index contributed by atoms with van der Waals surface area (Å²) in [5, 5.41) is 30.7. The lowest BCUT2D eigenvalue weighted by atomic mass is 9.44. The van der Waals surface area contributed by atoms with Crippen molar-refractivity contribution in [2.75, 3.05) is 39.6 Å². The summed E-state index contributed by atoms with van der Waals surface area (Å²) in [6, 6.07) is 22.7. The van der Waals surface area contributed by atoms with Gasteiger partial charge in [0.25, 0.3) is 5.91 Å². The zero-order valence-corrected chi connectivity index (χ0v) is 41.7. The van der Waals surface area contributed by atoms with E-state index in [4.69, 9.17) is 37.9 Å². The quantitative estimate of drug-likeness (QED) is 0.0442. The van der Waals surface area contributed by atoms with Crippen LogP contribution in [-0.4, -0.2) is 139 Å². The van der Waals surface area contributed by atoms with Gasteiger partial charge in [-0.2, -0.15) is 7.05 Å². The number of hydrogen-bond donors (Lipinski definition) is 4. The van der Waals surface area contributed by atoms with Gasteiger partial charge in [-0.05, 0) is 54.8 Å². The molecule has 3 aromatic carbocycles. The molecule has 0 radical (unpaired) electrons. The van der Waals surface area contributed by atoms with Crippen molar-refractivity contribution in [2.45, 2.75) is 108 Å². The third-order valence-corrected chi connectivity index (χ3v) is 14.8. The molecule has 1 amide bonds. The van der Waals surface area contributed by atoms with E-state index in [9.17, 15) is 34.2 Å². The molecule has 0 unspecified atom stereocenters. The lowest BCUT2D eigenvalue weighted by molar-refractivity contribution is -0.597. The molecule has 19 heteroatoms. The minimum absolute atomic E-state index is 0.0155. The maximum absolute atomic E-state index is 15.7. The number of rotatable bonds is 19. The van der Waals surface area contributed by atoms with Crippen LogP contribution in [0, 0.1) is 23.8 Å². The first-order valence-corrected chi connectivity index (χ1v) is 24.2. The Kier molecular flexibility index (Phi) is 16.7. The minimum Gasteiger partial charge on any atom is -0.477 e. The summed E-state index contributed by atoms with van der Waals surface area (Å²) in [5.41, 5.74) is -7.49. The molecule has 19 nitrogen and oxygen atoms in total.